The molecule has 1 aromatic carbocycles. The third-order valence-electron chi connectivity index (χ3n) is 6.04. The fourth-order valence-corrected chi connectivity index (χ4v) is 5.86. The monoisotopic (exact) mass is 443 g/mol. The Hall–Kier alpha value is -2.45. The standard InChI is InChI=1S/C23H29N3O4S/c27-23(18-6-2-1-3-7-18)25-19-8-5-15-26(17-19)31(28,29)22-12-10-20(11-13-22)30-21-9-4-14-24-16-21/h4,9-14,16,18-19H,1-3,5-8,15,17H2,(H,25,27)/t19-/m0/s1. The topological polar surface area (TPSA) is 88.6 Å². The van der Waals surface area contributed by atoms with Gasteiger partial charge in [0.15, 0.2) is 0 Å². The highest BCUT2D eigenvalue weighted by Gasteiger charge is 2.32. The Morgan fingerprint density at radius 2 is 1.77 bits per heavy atom. The second kappa shape index (κ2) is 9.78. The van der Waals surface area contributed by atoms with Gasteiger partial charge in [0.1, 0.15) is 11.5 Å². The van der Waals surface area contributed by atoms with E-state index in [4.69, 9.17) is 4.74 Å². The zero-order valence-electron chi connectivity index (χ0n) is 17.6. The van der Waals surface area contributed by atoms with Gasteiger partial charge in [-0.25, -0.2) is 8.42 Å². The Labute approximate surface area is 183 Å². The fourth-order valence-electron chi connectivity index (χ4n) is 4.33. The van der Waals surface area contributed by atoms with Crippen LogP contribution in [0, 0.1) is 5.92 Å². The van der Waals surface area contributed by atoms with Crippen molar-refractivity contribution in [3.05, 3.63) is 48.8 Å². The van der Waals surface area contributed by atoms with E-state index < -0.39 is 10.0 Å². The van der Waals surface area contributed by atoms with Crippen LogP contribution in [0.1, 0.15) is 44.9 Å². The zero-order chi connectivity index (χ0) is 21.7. The molecule has 0 radical (unpaired) electrons. The smallest absolute Gasteiger partial charge is 0.243 e. The summed E-state index contributed by atoms with van der Waals surface area (Å²) in [4.78, 5) is 16.8. The molecule has 4 rings (SSSR count). The summed E-state index contributed by atoms with van der Waals surface area (Å²) in [6.45, 7) is 0.779. The Bertz CT molecular complexity index is 974. The lowest BCUT2D eigenvalue weighted by Crippen LogP contribution is -2.50. The third kappa shape index (κ3) is 5.43. The molecule has 1 atom stereocenters. The maximum Gasteiger partial charge on any atom is 0.243 e. The Balaban J connectivity index is 1.38. The number of hydrogen-bond acceptors (Lipinski definition) is 5. The van der Waals surface area contributed by atoms with Crippen molar-refractivity contribution in [1.82, 2.24) is 14.6 Å². The maximum atomic E-state index is 13.2. The number of pyridine rings is 1. The number of carbonyl (C=O) groups is 1. The van der Waals surface area contributed by atoms with E-state index in [1.807, 2.05) is 0 Å². The highest BCUT2D eigenvalue weighted by Crippen LogP contribution is 2.27. The Morgan fingerprint density at radius 3 is 2.48 bits per heavy atom. The molecule has 2 aliphatic rings. The molecule has 1 aliphatic heterocycles. The Morgan fingerprint density at radius 1 is 1.00 bits per heavy atom. The van der Waals surface area contributed by atoms with Crippen LogP contribution < -0.4 is 10.1 Å². The lowest BCUT2D eigenvalue weighted by Gasteiger charge is -2.33. The molecule has 2 aromatic rings. The molecule has 1 aliphatic carbocycles. The predicted molar refractivity (Wildman–Crippen MR) is 117 cm³/mol. The van der Waals surface area contributed by atoms with Crippen LogP contribution in [-0.2, 0) is 14.8 Å². The van der Waals surface area contributed by atoms with Gasteiger partial charge in [-0.1, -0.05) is 19.3 Å². The number of nitrogens with one attached hydrogen (secondary N) is 1. The van der Waals surface area contributed by atoms with Crippen molar-refractivity contribution >= 4 is 15.9 Å². The number of hydrogen-bond donors (Lipinski definition) is 1. The highest BCUT2D eigenvalue weighted by atomic mass is 32.2. The maximum absolute atomic E-state index is 13.2. The van der Waals surface area contributed by atoms with Gasteiger partial charge in [0.2, 0.25) is 15.9 Å². The lowest BCUT2D eigenvalue weighted by atomic mass is 9.88. The number of carbonyl (C=O) groups excluding carboxylic acids is 1. The second-order valence-electron chi connectivity index (χ2n) is 8.31. The molecular formula is C23H29N3O4S. The van der Waals surface area contributed by atoms with Gasteiger partial charge in [-0.05, 0) is 62.1 Å². The van der Waals surface area contributed by atoms with Crippen molar-refractivity contribution in [2.75, 3.05) is 13.1 Å². The van der Waals surface area contributed by atoms with E-state index in [9.17, 15) is 13.2 Å². The van der Waals surface area contributed by atoms with Crippen LogP contribution in [0.5, 0.6) is 11.5 Å². The van der Waals surface area contributed by atoms with Crippen molar-refractivity contribution in [3.8, 4) is 11.5 Å². The van der Waals surface area contributed by atoms with Crippen LogP contribution in [0.2, 0.25) is 0 Å². The van der Waals surface area contributed by atoms with Gasteiger partial charge in [-0.3, -0.25) is 9.78 Å². The molecular weight excluding hydrogens is 414 g/mol. The number of amides is 1. The van der Waals surface area contributed by atoms with E-state index in [-0.39, 0.29) is 22.8 Å². The first kappa shape index (κ1) is 21.8. The first-order valence-corrected chi connectivity index (χ1v) is 12.4. The summed E-state index contributed by atoms with van der Waals surface area (Å²) in [5.41, 5.74) is 0. The fraction of sp³-hybridized carbons (Fsp3) is 0.478. The molecule has 0 spiro atoms. The second-order valence-corrected chi connectivity index (χ2v) is 10.2. The number of ether oxygens (including phenoxy) is 1. The summed E-state index contributed by atoms with van der Waals surface area (Å²) in [5, 5.41) is 3.11. The molecule has 1 aromatic heterocycles. The van der Waals surface area contributed by atoms with E-state index in [0.29, 0.717) is 24.6 Å². The number of nitrogens with zero attached hydrogens (tertiary/aromatic N) is 2. The van der Waals surface area contributed by atoms with E-state index in [2.05, 4.69) is 10.3 Å². The van der Waals surface area contributed by atoms with Gasteiger partial charge < -0.3 is 10.1 Å². The number of aromatic nitrogens is 1. The number of rotatable bonds is 6. The molecule has 166 valence electrons. The van der Waals surface area contributed by atoms with Gasteiger partial charge in [0.25, 0.3) is 0 Å². The van der Waals surface area contributed by atoms with E-state index in [1.165, 1.54) is 10.7 Å². The van der Waals surface area contributed by atoms with Crippen LogP contribution in [0.15, 0.2) is 53.7 Å². The van der Waals surface area contributed by atoms with Gasteiger partial charge in [-0.2, -0.15) is 4.31 Å². The minimum Gasteiger partial charge on any atom is -0.456 e. The van der Waals surface area contributed by atoms with Crippen LogP contribution >= 0.6 is 0 Å². The normalized spacial score (nSPS) is 20.8. The van der Waals surface area contributed by atoms with Crippen molar-refractivity contribution in [2.24, 2.45) is 5.92 Å². The van der Waals surface area contributed by atoms with E-state index in [1.54, 1.807) is 48.8 Å². The van der Waals surface area contributed by atoms with Gasteiger partial charge in [0, 0.05) is 31.2 Å². The van der Waals surface area contributed by atoms with E-state index >= 15 is 0 Å². The summed E-state index contributed by atoms with van der Waals surface area (Å²) in [7, 11) is -3.63. The number of piperidine rings is 1. The summed E-state index contributed by atoms with van der Waals surface area (Å²) < 4.78 is 33.5. The Kier molecular flexibility index (Phi) is 6.87. The average molecular weight is 444 g/mol. The van der Waals surface area contributed by atoms with Gasteiger partial charge in [-0.15, -0.1) is 0 Å². The molecule has 1 N–H and O–H groups in total. The minimum absolute atomic E-state index is 0.0769. The zero-order valence-corrected chi connectivity index (χ0v) is 18.4. The molecule has 1 amide bonds. The van der Waals surface area contributed by atoms with Crippen molar-refractivity contribution in [1.29, 1.82) is 0 Å². The summed E-state index contributed by atoms with van der Waals surface area (Å²) >= 11 is 0. The molecule has 8 heteroatoms. The average Bonchev–Trinajstić information content (AvgIpc) is 2.81. The molecule has 2 heterocycles. The number of benzene rings is 1. The largest absolute Gasteiger partial charge is 0.456 e. The van der Waals surface area contributed by atoms with Crippen LogP contribution in [-0.4, -0.2) is 42.7 Å². The lowest BCUT2D eigenvalue weighted by molar-refractivity contribution is -0.126. The SMILES string of the molecule is O=C(N[C@H]1CCCN(S(=O)(=O)c2ccc(Oc3cccnc3)cc2)C1)C1CCCCC1. The van der Waals surface area contributed by atoms with Crippen molar-refractivity contribution in [3.63, 3.8) is 0 Å². The highest BCUT2D eigenvalue weighted by molar-refractivity contribution is 7.89. The van der Waals surface area contributed by atoms with Gasteiger partial charge in [0.05, 0.1) is 11.1 Å². The van der Waals surface area contributed by atoms with Crippen molar-refractivity contribution in [2.45, 2.75) is 55.9 Å². The molecule has 31 heavy (non-hydrogen) atoms. The summed E-state index contributed by atoms with van der Waals surface area (Å²) in [6.07, 6.45) is 10.1. The summed E-state index contributed by atoms with van der Waals surface area (Å²) in [5.74, 6) is 1.29. The molecule has 1 saturated carbocycles. The van der Waals surface area contributed by atoms with E-state index in [0.717, 1.165) is 38.5 Å². The molecule has 1 saturated heterocycles. The van der Waals surface area contributed by atoms with Crippen LogP contribution in [0.4, 0.5) is 0 Å². The van der Waals surface area contributed by atoms with Gasteiger partial charge >= 0.3 is 0 Å². The summed E-state index contributed by atoms with van der Waals surface area (Å²) in [6, 6.07) is 9.84. The molecule has 7 nitrogen and oxygen atoms in total. The first-order chi connectivity index (χ1) is 15.0. The quantitative estimate of drug-likeness (QED) is 0.735. The third-order valence-corrected chi connectivity index (χ3v) is 7.92. The molecule has 2 fully saturated rings. The first-order valence-electron chi connectivity index (χ1n) is 11.0. The predicted octanol–water partition coefficient (Wildman–Crippen LogP) is 3.72. The molecule has 0 unspecified atom stereocenters. The molecule has 0 bridgehead atoms. The van der Waals surface area contributed by atoms with Crippen LogP contribution in [0.3, 0.4) is 0 Å². The van der Waals surface area contributed by atoms with Crippen molar-refractivity contribution < 1.29 is 17.9 Å². The number of sulfonamides is 1. The van der Waals surface area contributed by atoms with Crippen LogP contribution in [0.25, 0.3) is 0 Å². The minimum atomic E-state index is -3.63.